The van der Waals surface area contributed by atoms with Crippen molar-refractivity contribution in [2.24, 2.45) is 5.11 Å². The van der Waals surface area contributed by atoms with Crippen LogP contribution >= 0.6 is 0 Å². The molecule has 1 rings (SSSR count). The Hall–Kier alpha value is -3.10. The molecule has 0 aliphatic carbocycles. The van der Waals surface area contributed by atoms with Gasteiger partial charge in [-0.3, -0.25) is 14.4 Å². The van der Waals surface area contributed by atoms with Crippen molar-refractivity contribution in [3.8, 4) is 0 Å². The Kier molecular flexibility index (Phi) is 10.7. The van der Waals surface area contributed by atoms with Crippen LogP contribution in [0, 0.1) is 0 Å². The summed E-state index contributed by atoms with van der Waals surface area (Å²) in [6.45, 7) is 2.18. The lowest BCUT2D eigenvalue weighted by atomic mass is 10.2. The maximum absolute atomic E-state index is 12.2. The molecular weight excluding hydrogens is 354 g/mol. The maximum atomic E-state index is 12.2. The van der Waals surface area contributed by atoms with Crippen molar-refractivity contribution in [3.05, 3.63) is 46.3 Å². The average molecular weight is 377 g/mol. The van der Waals surface area contributed by atoms with Gasteiger partial charge >= 0.3 is 5.97 Å². The van der Waals surface area contributed by atoms with Gasteiger partial charge < -0.3 is 20.1 Å². The predicted octanol–water partition coefficient (Wildman–Crippen LogP) is 1.07. The molecule has 0 aromatic heterocycles. The first-order valence-electron chi connectivity index (χ1n) is 8.36. The number of carbonyl (C=O) groups is 3. The Morgan fingerprint density at radius 3 is 2.63 bits per heavy atom. The van der Waals surface area contributed by atoms with Gasteiger partial charge in [-0.1, -0.05) is 35.4 Å². The standard InChI is InChI=1S/C17H23N5O5/c1-13(23)21-15(17(25)19-7-9-26-10-8-20-22-18)11-16(24)27-12-14-5-3-2-4-6-14/h2-6,15H,7-12H2,1H3,(H,19,25)(H,21,23)/t15-/m0/s1. The van der Waals surface area contributed by atoms with Crippen LogP contribution in [0.2, 0.25) is 0 Å². The summed E-state index contributed by atoms with van der Waals surface area (Å²) in [5.74, 6) is -1.55. The van der Waals surface area contributed by atoms with Crippen LogP contribution in [-0.4, -0.2) is 50.1 Å². The average Bonchev–Trinajstić information content (AvgIpc) is 2.65. The highest BCUT2D eigenvalue weighted by molar-refractivity contribution is 5.90. The van der Waals surface area contributed by atoms with E-state index in [1.807, 2.05) is 30.3 Å². The molecule has 2 N–H and O–H groups in total. The first-order chi connectivity index (χ1) is 13.0. The fourth-order valence-electron chi connectivity index (χ4n) is 2.04. The summed E-state index contributed by atoms with van der Waals surface area (Å²) in [4.78, 5) is 38.0. The monoisotopic (exact) mass is 377 g/mol. The molecule has 0 unspecified atom stereocenters. The summed E-state index contributed by atoms with van der Waals surface area (Å²) >= 11 is 0. The first-order valence-corrected chi connectivity index (χ1v) is 8.36. The minimum Gasteiger partial charge on any atom is -0.461 e. The molecule has 0 spiro atoms. The van der Waals surface area contributed by atoms with Crippen molar-refractivity contribution in [1.82, 2.24) is 10.6 Å². The lowest BCUT2D eigenvalue weighted by Crippen LogP contribution is -2.48. The lowest BCUT2D eigenvalue weighted by molar-refractivity contribution is -0.147. The number of amides is 2. The highest BCUT2D eigenvalue weighted by Gasteiger charge is 2.23. The molecule has 10 nitrogen and oxygen atoms in total. The molecule has 1 aromatic carbocycles. The van der Waals surface area contributed by atoms with Crippen molar-refractivity contribution < 1.29 is 23.9 Å². The Labute approximate surface area is 156 Å². The van der Waals surface area contributed by atoms with Gasteiger partial charge in [0.05, 0.1) is 19.6 Å². The van der Waals surface area contributed by atoms with E-state index in [4.69, 9.17) is 15.0 Å². The fraction of sp³-hybridized carbons (Fsp3) is 0.471. The topological polar surface area (TPSA) is 142 Å². The molecule has 0 aliphatic heterocycles. The van der Waals surface area contributed by atoms with Crippen LogP contribution in [0.5, 0.6) is 0 Å². The van der Waals surface area contributed by atoms with E-state index in [2.05, 4.69) is 20.7 Å². The third-order valence-corrected chi connectivity index (χ3v) is 3.25. The number of rotatable bonds is 12. The Morgan fingerprint density at radius 1 is 1.22 bits per heavy atom. The number of hydrogen-bond acceptors (Lipinski definition) is 6. The number of ether oxygens (including phenoxy) is 2. The van der Waals surface area contributed by atoms with Crippen LogP contribution in [0.15, 0.2) is 35.4 Å². The van der Waals surface area contributed by atoms with Gasteiger partial charge in [0, 0.05) is 24.9 Å². The zero-order valence-corrected chi connectivity index (χ0v) is 15.1. The molecule has 2 amide bonds. The van der Waals surface area contributed by atoms with Gasteiger partial charge in [0.15, 0.2) is 0 Å². The van der Waals surface area contributed by atoms with Crippen molar-refractivity contribution in [2.45, 2.75) is 26.0 Å². The highest BCUT2D eigenvalue weighted by atomic mass is 16.5. The first kappa shape index (κ1) is 21.9. The van der Waals surface area contributed by atoms with E-state index in [0.29, 0.717) is 0 Å². The lowest BCUT2D eigenvalue weighted by Gasteiger charge is -2.17. The van der Waals surface area contributed by atoms with Crippen molar-refractivity contribution in [2.75, 3.05) is 26.3 Å². The number of benzene rings is 1. The Morgan fingerprint density at radius 2 is 1.96 bits per heavy atom. The number of nitrogens with one attached hydrogen (secondary N) is 2. The van der Waals surface area contributed by atoms with Crippen LogP contribution in [-0.2, 0) is 30.5 Å². The number of esters is 1. The summed E-state index contributed by atoms with van der Waals surface area (Å²) in [6.07, 6.45) is -0.282. The molecule has 0 heterocycles. The Balaban J connectivity index is 2.39. The van der Waals surface area contributed by atoms with E-state index in [1.54, 1.807) is 0 Å². The van der Waals surface area contributed by atoms with Crippen molar-refractivity contribution in [3.63, 3.8) is 0 Å². The maximum Gasteiger partial charge on any atom is 0.308 e. The summed E-state index contributed by atoms with van der Waals surface area (Å²) in [5, 5.41) is 8.30. The summed E-state index contributed by atoms with van der Waals surface area (Å²) < 4.78 is 10.3. The van der Waals surface area contributed by atoms with Gasteiger partial charge in [-0.05, 0) is 11.1 Å². The van der Waals surface area contributed by atoms with Gasteiger partial charge in [-0.2, -0.15) is 0 Å². The summed E-state index contributed by atoms with van der Waals surface area (Å²) in [5.41, 5.74) is 8.95. The predicted molar refractivity (Wildman–Crippen MR) is 96.3 cm³/mol. The molecule has 0 aliphatic rings. The molecule has 0 saturated heterocycles. The molecule has 27 heavy (non-hydrogen) atoms. The third kappa shape index (κ3) is 10.5. The van der Waals surface area contributed by atoms with Crippen LogP contribution in [0.4, 0.5) is 0 Å². The van der Waals surface area contributed by atoms with Gasteiger partial charge in [-0.15, -0.1) is 0 Å². The van der Waals surface area contributed by atoms with Crippen LogP contribution in [0.25, 0.3) is 10.4 Å². The van der Waals surface area contributed by atoms with Gasteiger partial charge in [0.1, 0.15) is 12.6 Å². The van der Waals surface area contributed by atoms with Crippen LogP contribution in [0.3, 0.4) is 0 Å². The highest BCUT2D eigenvalue weighted by Crippen LogP contribution is 2.03. The second-order valence-corrected chi connectivity index (χ2v) is 5.46. The minimum absolute atomic E-state index is 0.0904. The van der Waals surface area contributed by atoms with E-state index in [9.17, 15) is 14.4 Å². The van der Waals surface area contributed by atoms with E-state index in [-0.39, 0.29) is 39.3 Å². The molecule has 0 bridgehead atoms. The van der Waals surface area contributed by atoms with Crippen LogP contribution < -0.4 is 10.6 Å². The van der Waals surface area contributed by atoms with Gasteiger partial charge in [0.2, 0.25) is 11.8 Å². The SMILES string of the molecule is CC(=O)N[C@@H](CC(=O)OCc1ccccc1)C(=O)NCCOCCN=[N+]=[N-]. The zero-order valence-electron chi connectivity index (χ0n) is 15.1. The molecule has 0 radical (unpaired) electrons. The molecule has 1 atom stereocenters. The normalized spacial score (nSPS) is 11.0. The molecule has 1 aromatic rings. The molecule has 146 valence electrons. The number of nitrogens with zero attached hydrogens (tertiary/aromatic N) is 3. The van der Waals surface area contributed by atoms with Crippen molar-refractivity contribution >= 4 is 17.8 Å². The quantitative estimate of drug-likeness (QED) is 0.184. The van der Waals surface area contributed by atoms with Crippen molar-refractivity contribution in [1.29, 1.82) is 0 Å². The minimum atomic E-state index is -1.03. The third-order valence-electron chi connectivity index (χ3n) is 3.25. The fourth-order valence-corrected chi connectivity index (χ4v) is 2.04. The number of hydrogen-bond donors (Lipinski definition) is 2. The number of carbonyl (C=O) groups excluding carboxylic acids is 3. The van der Waals surface area contributed by atoms with E-state index in [0.717, 1.165) is 5.56 Å². The van der Waals surface area contributed by atoms with E-state index in [1.165, 1.54) is 6.92 Å². The second-order valence-electron chi connectivity index (χ2n) is 5.46. The van der Waals surface area contributed by atoms with Crippen LogP contribution in [0.1, 0.15) is 18.9 Å². The molecule has 0 saturated carbocycles. The Bertz CT molecular complexity index is 661. The second kappa shape index (κ2) is 13.2. The van der Waals surface area contributed by atoms with Gasteiger partial charge in [0.25, 0.3) is 0 Å². The number of azide groups is 1. The van der Waals surface area contributed by atoms with E-state index < -0.39 is 23.8 Å². The molecular formula is C17H23N5O5. The summed E-state index contributed by atoms with van der Waals surface area (Å²) in [7, 11) is 0. The summed E-state index contributed by atoms with van der Waals surface area (Å²) in [6, 6.07) is 8.09. The zero-order chi connectivity index (χ0) is 19.9. The largest absolute Gasteiger partial charge is 0.461 e. The van der Waals surface area contributed by atoms with Gasteiger partial charge in [-0.25, -0.2) is 0 Å². The molecule has 10 heteroatoms. The van der Waals surface area contributed by atoms with E-state index >= 15 is 0 Å². The molecule has 0 fully saturated rings. The smallest absolute Gasteiger partial charge is 0.308 e.